The molecule has 20 heavy (non-hydrogen) atoms. The molecule has 0 atom stereocenters. The van der Waals surface area contributed by atoms with Crippen LogP contribution in [0.15, 0.2) is 28.8 Å². The number of hydrogen-bond acceptors (Lipinski definition) is 4. The molecule has 0 amide bonds. The van der Waals surface area contributed by atoms with Crippen molar-refractivity contribution in [3.05, 3.63) is 41.5 Å². The largest absolute Gasteiger partial charge is 0.440 e. The molecule has 102 valence electrons. The number of H-pyrrole nitrogens is 1. The molecule has 1 aromatic carbocycles. The Balaban J connectivity index is 1.55. The van der Waals surface area contributed by atoms with Crippen molar-refractivity contribution in [2.24, 2.45) is 0 Å². The average molecular weight is 268 g/mol. The van der Waals surface area contributed by atoms with Crippen molar-refractivity contribution >= 4 is 16.8 Å². The van der Waals surface area contributed by atoms with Crippen molar-refractivity contribution in [2.45, 2.75) is 32.2 Å². The molecule has 5 nitrogen and oxygen atoms in total. The highest BCUT2D eigenvalue weighted by atomic mass is 16.3. The third kappa shape index (κ3) is 2.05. The number of aromatic nitrogens is 3. The van der Waals surface area contributed by atoms with Gasteiger partial charge in [0.1, 0.15) is 5.52 Å². The minimum atomic E-state index is 0.549. The molecular weight excluding hydrogens is 252 g/mol. The minimum absolute atomic E-state index is 0.549. The van der Waals surface area contributed by atoms with Crippen LogP contribution in [0.5, 0.6) is 0 Å². The summed E-state index contributed by atoms with van der Waals surface area (Å²) in [5.41, 5.74) is 5.12. The van der Waals surface area contributed by atoms with Crippen LogP contribution in [-0.4, -0.2) is 15.2 Å². The monoisotopic (exact) mass is 268 g/mol. The first-order valence-corrected chi connectivity index (χ1v) is 6.93. The maximum absolute atomic E-state index is 5.76. The van der Waals surface area contributed by atoms with E-state index in [0.717, 1.165) is 34.9 Å². The minimum Gasteiger partial charge on any atom is -0.440 e. The van der Waals surface area contributed by atoms with E-state index in [4.69, 9.17) is 4.42 Å². The van der Waals surface area contributed by atoms with Crippen LogP contribution in [0.2, 0.25) is 0 Å². The van der Waals surface area contributed by atoms with E-state index >= 15 is 0 Å². The van der Waals surface area contributed by atoms with Gasteiger partial charge < -0.3 is 9.73 Å². The van der Waals surface area contributed by atoms with Crippen molar-refractivity contribution in [2.75, 3.05) is 5.32 Å². The predicted molar refractivity (Wildman–Crippen MR) is 76.6 cm³/mol. The van der Waals surface area contributed by atoms with Gasteiger partial charge in [0, 0.05) is 29.4 Å². The molecule has 4 rings (SSSR count). The summed E-state index contributed by atoms with van der Waals surface area (Å²) in [5.74, 6) is 1.44. The molecule has 5 heteroatoms. The molecule has 0 bridgehead atoms. The van der Waals surface area contributed by atoms with Gasteiger partial charge in [-0.15, -0.1) is 0 Å². The summed E-state index contributed by atoms with van der Waals surface area (Å²) < 4.78 is 5.76. The van der Waals surface area contributed by atoms with E-state index in [1.54, 1.807) is 0 Å². The zero-order valence-corrected chi connectivity index (χ0v) is 11.3. The second-order valence-corrected chi connectivity index (χ2v) is 5.38. The number of hydrogen-bond donors (Lipinski definition) is 2. The number of rotatable bonds is 4. The lowest BCUT2D eigenvalue weighted by Crippen LogP contribution is -1.99. The number of benzene rings is 1. The third-order valence-corrected chi connectivity index (χ3v) is 3.75. The fourth-order valence-electron chi connectivity index (χ4n) is 2.31. The van der Waals surface area contributed by atoms with Crippen LogP contribution in [0.3, 0.4) is 0 Å². The highest BCUT2D eigenvalue weighted by molar-refractivity contribution is 5.77. The molecule has 1 fully saturated rings. The molecule has 0 saturated heterocycles. The highest BCUT2D eigenvalue weighted by Crippen LogP contribution is 2.40. The summed E-state index contributed by atoms with van der Waals surface area (Å²) in [6, 6.07) is 6.05. The SMILES string of the molecule is Cc1[nH]ncc1CNc1ccc2oc(C3CC3)nc2c1. The van der Waals surface area contributed by atoms with Crippen molar-refractivity contribution in [3.8, 4) is 0 Å². The van der Waals surface area contributed by atoms with Crippen LogP contribution in [0, 0.1) is 6.92 Å². The summed E-state index contributed by atoms with van der Waals surface area (Å²) in [6.07, 6.45) is 4.26. The molecule has 1 aliphatic rings. The lowest BCUT2D eigenvalue weighted by molar-refractivity contribution is 0.533. The van der Waals surface area contributed by atoms with Crippen LogP contribution in [-0.2, 0) is 6.54 Å². The van der Waals surface area contributed by atoms with Gasteiger partial charge in [-0.3, -0.25) is 5.10 Å². The Labute approximate surface area is 116 Å². The lowest BCUT2D eigenvalue weighted by atomic mass is 10.2. The van der Waals surface area contributed by atoms with Crippen LogP contribution in [0.4, 0.5) is 5.69 Å². The Bertz CT molecular complexity index is 754. The zero-order chi connectivity index (χ0) is 13.5. The van der Waals surface area contributed by atoms with Crippen LogP contribution in [0.1, 0.15) is 35.9 Å². The molecule has 2 heterocycles. The second kappa shape index (κ2) is 4.37. The number of anilines is 1. The third-order valence-electron chi connectivity index (χ3n) is 3.75. The van der Waals surface area contributed by atoms with Crippen molar-refractivity contribution in [1.29, 1.82) is 0 Å². The smallest absolute Gasteiger partial charge is 0.198 e. The summed E-state index contributed by atoms with van der Waals surface area (Å²) in [7, 11) is 0. The molecule has 1 saturated carbocycles. The number of oxazole rings is 1. The summed E-state index contributed by atoms with van der Waals surface area (Å²) in [6.45, 7) is 2.77. The topological polar surface area (TPSA) is 66.7 Å². The Morgan fingerprint density at radius 2 is 2.30 bits per heavy atom. The van der Waals surface area contributed by atoms with Gasteiger partial charge in [-0.1, -0.05) is 0 Å². The molecule has 2 aromatic heterocycles. The van der Waals surface area contributed by atoms with Crippen molar-refractivity contribution in [1.82, 2.24) is 15.2 Å². The van der Waals surface area contributed by atoms with Crippen LogP contribution in [0.25, 0.3) is 11.1 Å². The first-order valence-electron chi connectivity index (χ1n) is 6.93. The molecule has 1 aliphatic carbocycles. The van der Waals surface area contributed by atoms with Gasteiger partial charge in [-0.05, 0) is 38.0 Å². The summed E-state index contributed by atoms with van der Waals surface area (Å²) in [5, 5.41) is 10.4. The van der Waals surface area contributed by atoms with E-state index in [0.29, 0.717) is 5.92 Å². The molecule has 0 spiro atoms. The van der Waals surface area contributed by atoms with Crippen molar-refractivity contribution < 1.29 is 4.42 Å². The predicted octanol–water partition coefficient (Wildman–Crippen LogP) is 3.35. The van der Waals surface area contributed by atoms with E-state index in [9.17, 15) is 0 Å². The highest BCUT2D eigenvalue weighted by Gasteiger charge is 2.28. The fraction of sp³-hybridized carbons (Fsp3) is 0.333. The van der Waals surface area contributed by atoms with E-state index < -0.39 is 0 Å². The Morgan fingerprint density at radius 3 is 3.05 bits per heavy atom. The Morgan fingerprint density at radius 1 is 1.40 bits per heavy atom. The van der Waals surface area contributed by atoms with Gasteiger partial charge in [0.2, 0.25) is 0 Å². The van der Waals surface area contributed by atoms with Crippen molar-refractivity contribution in [3.63, 3.8) is 0 Å². The van der Waals surface area contributed by atoms with Gasteiger partial charge in [0.15, 0.2) is 11.5 Å². The number of aromatic amines is 1. The first-order chi connectivity index (χ1) is 9.79. The normalized spacial score (nSPS) is 14.8. The molecule has 0 unspecified atom stereocenters. The average Bonchev–Trinajstić information content (AvgIpc) is 3.09. The number of fused-ring (bicyclic) bond motifs is 1. The number of nitrogens with one attached hydrogen (secondary N) is 2. The Kier molecular flexibility index (Phi) is 2.52. The maximum Gasteiger partial charge on any atom is 0.198 e. The molecule has 2 N–H and O–H groups in total. The Hall–Kier alpha value is -2.30. The maximum atomic E-state index is 5.76. The van der Waals surface area contributed by atoms with E-state index in [1.165, 1.54) is 18.4 Å². The number of nitrogens with zero attached hydrogens (tertiary/aromatic N) is 2. The second-order valence-electron chi connectivity index (χ2n) is 5.38. The summed E-state index contributed by atoms with van der Waals surface area (Å²) in [4.78, 5) is 4.57. The van der Waals surface area contributed by atoms with Gasteiger partial charge in [0.05, 0.1) is 6.20 Å². The van der Waals surface area contributed by atoms with Gasteiger partial charge >= 0.3 is 0 Å². The van der Waals surface area contributed by atoms with Gasteiger partial charge in [-0.2, -0.15) is 5.10 Å². The number of aryl methyl sites for hydroxylation is 1. The first kappa shape index (κ1) is 11.5. The molecular formula is C15H16N4O. The quantitative estimate of drug-likeness (QED) is 0.761. The molecule has 0 aliphatic heterocycles. The van der Waals surface area contributed by atoms with E-state index in [-0.39, 0.29) is 0 Å². The summed E-state index contributed by atoms with van der Waals surface area (Å²) >= 11 is 0. The molecule has 3 aromatic rings. The van der Waals surface area contributed by atoms with Gasteiger partial charge in [-0.25, -0.2) is 4.98 Å². The van der Waals surface area contributed by atoms with E-state index in [1.807, 2.05) is 31.3 Å². The lowest BCUT2D eigenvalue weighted by Gasteiger charge is -2.04. The zero-order valence-electron chi connectivity index (χ0n) is 11.3. The van der Waals surface area contributed by atoms with Crippen LogP contribution < -0.4 is 5.32 Å². The van der Waals surface area contributed by atoms with Gasteiger partial charge in [0.25, 0.3) is 0 Å². The standard InChI is InChI=1S/C15H16N4O/c1-9-11(8-17-19-9)7-16-12-4-5-14-13(6-12)18-15(20-14)10-2-3-10/h4-6,8,10,16H,2-3,7H2,1H3,(H,17,19). The molecule has 0 radical (unpaired) electrons. The fourth-order valence-corrected chi connectivity index (χ4v) is 2.31. The van der Waals surface area contributed by atoms with E-state index in [2.05, 4.69) is 20.5 Å². The van der Waals surface area contributed by atoms with Crippen LogP contribution >= 0.6 is 0 Å².